The van der Waals surface area contributed by atoms with Gasteiger partial charge in [-0.2, -0.15) is 0 Å². The molecule has 1 saturated heterocycles. The van der Waals surface area contributed by atoms with E-state index in [2.05, 4.69) is 26.6 Å². The predicted molar refractivity (Wildman–Crippen MR) is 81.2 cm³/mol. The van der Waals surface area contributed by atoms with E-state index in [0.717, 1.165) is 30.5 Å². The van der Waals surface area contributed by atoms with Gasteiger partial charge in [0.05, 0.1) is 5.69 Å². The lowest BCUT2D eigenvalue weighted by Crippen LogP contribution is -2.07. The molecule has 0 spiro atoms. The molecule has 1 aliphatic rings. The van der Waals surface area contributed by atoms with Gasteiger partial charge in [0.15, 0.2) is 5.65 Å². The normalized spacial score (nSPS) is 18.4. The first-order valence-electron chi connectivity index (χ1n) is 7.17. The lowest BCUT2D eigenvalue weighted by molar-refractivity contribution is 0.477. The number of aromatic hydroxyl groups is 1. The van der Waals surface area contributed by atoms with Crippen LogP contribution in [0, 0.1) is 0 Å². The number of phenols is 1. The molecule has 0 amide bonds. The molecule has 5 heteroatoms. The second-order valence-electron chi connectivity index (χ2n) is 5.47. The summed E-state index contributed by atoms with van der Waals surface area (Å²) in [6, 6.07) is 11.3. The van der Waals surface area contributed by atoms with Gasteiger partial charge in [0, 0.05) is 29.1 Å². The van der Waals surface area contributed by atoms with E-state index < -0.39 is 0 Å². The van der Waals surface area contributed by atoms with Crippen LogP contribution < -0.4 is 5.32 Å². The Labute approximate surface area is 122 Å². The third-order valence-electron chi connectivity index (χ3n) is 4.08. The minimum Gasteiger partial charge on any atom is -0.507 e. The molecule has 4 rings (SSSR count). The second-order valence-corrected chi connectivity index (χ2v) is 5.47. The first kappa shape index (κ1) is 12.3. The summed E-state index contributed by atoms with van der Waals surface area (Å²) in [6.45, 7) is 2.07. The number of fused-ring (bicyclic) bond motifs is 1. The maximum Gasteiger partial charge on any atom is 0.160 e. The molecule has 106 valence electrons. The number of H-pyrrole nitrogens is 1. The quantitative estimate of drug-likeness (QED) is 0.674. The standard InChI is InChI=1S/C16H16N4O/c21-15-4-2-1-3-12(15)14-8-11-7-13(10-5-6-17-9-10)18-16(11)20-19-14/h1-4,7-8,10,17,21H,5-6,9H2,(H,18,20). The summed E-state index contributed by atoms with van der Waals surface area (Å²) in [5.74, 6) is 0.745. The molecule has 0 saturated carbocycles. The van der Waals surface area contributed by atoms with Crippen LogP contribution in [0.3, 0.4) is 0 Å². The van der Waals surface area contributed by atoms with Crippen LogP contribution in [0.15, 0.2) is 36.4 Å². The number of phenolic OH excluding ortho intramolecular Hbond substituents is 1. The van der Waals surface area contributed by atoms with E-state index in [0.29, 0.717) is 17.2 Å². The lowest BCUT2D eigenvalue weighted by atomic mass is 10.0. The van der Waals surface area contributed by atoms with E-state index in [1.54, 1.807) is 12.1 Å². The maximum atomic E-state index is 9.93. The van der Waals surface area contributed by atoms with Gasteiger partial charge in [-0.15, -0.1) is 10.2 Å². The van der Waals surface area contributed by atoms with E-state index in [-0.39, 0.29) is 5.75 Å². The zero-order valence-electron chi connectivity index (χ0n) is 11.5. The number of aromatic nitrogens is 3. The van der Waals surface area contributed by atoms with Crippen molar-refractivity contribution >= 4 is 11.0 Å². The number of nitrogens with one attached hydrogen (secondary N) is 2. The van der Waals surface area contributed by atoms with Gasteiger partial charge >= 0.3 is 0 Å². The molecule has 3 aromatic rings. The Balaban J connectivity index is 1.77. The van der Waals surface area contributed by atoms with Crippen molar-refractivity contribution < 1.29 is 5.11 Å². The zero-order valence-corrected chi connectivity index (χ0v) is 11.5. The molecular weight excluding hydrogens is 264 g/mol. The summed E-state index contributed by atoms with van der Waals surface area (Å²) >= 11 is 0. The predicted octanol–water partition coefficient (Wildman–Crippen LogP) is 2.41. The van der Waals surface area contributed by atoms with Crippen LogP contribution in [-0.2, 0) is 0 Å². The van der Waals surface area contributed by atoms with Crippen molar-refractivity contribution in [3.63, 3.8) is 0 Å². The minimum atomic E-state index is 0.224. The fourth-order valence-corrected chi connectivity index (χ4v) is 2.92. The van der Waals surface area contributed by atoms with Crippen LogP contribution in [0.1, 0.15) is 18.0 Å². The number of benzene rings is 1. The highest BCUT2D eigenvalue weighted by Gasteiger charge is 2.19. The van der Waals surface area contributed by atoms with Crippen LogP contribution >= 0.6 is 0 Å². The molecule has 1 atom stereocenters. The first-order chi connectivity index (χ1) is 10.3. The molecule has 0 aliphatic carbocycles. The third-order valence-corrected chi connectivity index (χ3v) is 4.08. The van der Waals surface area contributed by atoms with Gasteiger partial charge in [-0.05, 0) is 37.2 Å². The van der Waals surface area contributed by atoms with E-state index in [1.165, 1.54) is 5.69 Å². The van der Waals surface area contributed by atoms with Crippen molar-refractivity contribution in [1.29, 1.82) is 0 Å². The third kappa shape index (κ3) is 2.15. The van der Waals surface area contributed by atoms with Crippen LogP contribution in [-0.4, -0.2) is 33.4 Å². The van der Waals surface area contributed by atoms with Crippen molar-refractivity contribution in [1.82, 2.24) is 20.5 Å². The Morgan fingerprint density at radius 3 is 2.86 bits per heavy atom. The Kier molecular flexibility index (Phi) is 2.86. The van der Waals surface area contributed by atoms with Crippen molar-refractivity contribution in [2.24, 2.45) is 0 Å². The molecule has 1 aromatic carbocycles. The van der Waals surface area contributed by atoms with Crippen LogP contribution in [0.5, 0.6) is 5.75 Å². The lowest BCUT2D eigenvalue weighted by Gasteiger charge is -2.03. The highest BCUT2D eigenvalue weighted by Crippen LogP contribution is 2.30. The number of hydrogen-bond donors (Lipinski definition) is 3. The van der Waals surface area contributed by atoms with Crippen LogP contribution in [0.25, 0.3) is 22.3 Å². The first-order valence-corrected chi connectivity index (χ1v) is 7.17. The summed E-state index contributed by atoms with van der Waals surface area (Å²) < 4.78 is 0. The van der Waals surface area contributed by atoms with Gasteiger partial charge in [-0.1, -0.05) is 12.1 Å². The Bertz CT molecular complexity index is 790. The summed E-state index contributed by atoms with van der Waals surface area (Å²) in [6.07, 6.45) is 1.15. The van der Waals surface area contributed by atoms with Gasteiger partial charge in [0.25, 0.3) is 0 Å². The van der Waals surface area contributed by atoms with E-state index in [1.807, 2.05) is 18.2 Å². The van der Waals surface area contributed by atoms with Crippen LogP contribution in [0.4, 0.5) is 0 Å². The average Bonchev–Trinajstić information content (AvgIpc) is 3.16. The molecule has 2 aromatic heterocycles. The Morgan fingerprint density at radius 2 is 2.05 bits per heavy atom. The molecule has 1 fully saturated rings. The fourth-order valence-electron chi connectivity index (χ4n) is 2.92. The highest BCUT2D eigenvalue weighted by atomic mass is 16.3. The summed E-state index contributed by atoms with van der Waals surface area (Å²) in [4.78, 5) is 3.35. The molecular formula is C16H16N4O. The van der Waals surface area contributed by atoms with Gasteiger partial charge in [-0.3, -0.25) is 0 Å². The van der Waals surface area contributed by atoms with Gasteiger partial charge < -0.3 is 15.4 Å². The van der Waals surface area contributed by atoms with Crippen molar-refractivity contribution in [3.8, 4) is 17.0 Å². The largest absolute Gasteiger partial charge is 0.507 e. The second kappa shape index (κ2) is 4.86. The van der Waals surface area contributed by atoms with Crippen molar-refractivity contribution in [2.45, 2.75) is 12.3 Å². The Hall–Kier alpha value is -2.40. The molecule has 1 unspecified atom stereocenters. The molecule has 0 bridgehead atoms. The molecule has 3 heterocycles. The SMILES string of the molecule is Oc1ccccc1-c1cc2cc(C3CCNC3)[nH]c2nn1. The fraction of sp³-hybridized carbons (Fsp3) is 0.250. The number of aromatic amines is 1. The van der Waals surface area contributed by atoms with Gasteiger partial charge in [-0.25, -0.2) is 0 Å². The molecule has 21 heavy (non-hydrogen) atoms. The number of hydrogen-bond acceptors (Lipinski definition) is 4. The maximum absolute atomic E-state index is 9.93. The van der Waals surface area contributed by atoms with Crippen LogP contribution in [0.2, 0.25) is 0 Å². The van der Waals surface area contributed by atoms with E-state index in [4.69, 9.17) is 0 Å². The summed E-state index contributed by atoms with van der Waals surface area (Å²) in [7, 11) is 0. The van der Waals surface area contributed by atoms with Crippen molar-refractivity contribution in [3.05, 3.63) is 42.1 Å². The molecule has 0 radical (unpaired) electrons. The number of para-hydroxylation sites is 1. The Morgan fingerprint density at radius 1 is 1.14 bits per heavy atom. The smallest absolute Gasteiger partial charge is 0.160 e. The van der Waals surface area contributed by atoms with Gasteiger partial charge in [0.1, 0.15) is 5.75 Å². The average molecular weight is 280 g/mol. The number of nitrogens with zero attached hydrogens (tertiary/aromatic N) is 2. The highest BCUT2D eigenvalue weighted by molar-refractivity contribution is 5.81. The molecule has 3 N–H and O–H groups in total. The number of rotatable bonds is 2. The van der Waals surface area contributed by atoms with Gasteiger partial charge in [0.2, 0.25) is 0 Å². The van der Waals surface area contributed by atoms with Crippen molar-refractivity contribution in [2.75, 3.05) is 13.1 Å². The molecule has 5 nitrogen and oxygen atoms in total. The van der Waals surface area contributed by atoms with E-state index >= 15 is 0 Å². The summed E-state index contributed by atoms with van der Waals surface area (Å²) in [5.41, 5.74) is 3.41. The monoisotopic (exact) mass is 280 g/mol. The topological polar surface area (TPSA) is 73.8 Å². The minimum absolute atomic E-state index is 0.224. The van der Waals surface area contributed by atoms with E-state index in [9.17, 15) is 5.11 Å². The summed E-state index contributed by atoms with van der Waals surface area (Å²) in [5, 5.41) is 22.8. The zero-order chi connectivity index (χ0) is 14.2. The molecule has 1 aliphatic heterocycles.